The Labute approximate surface area is 123 Å². The monoisotopic (exact) mass is 285 g/mol. The van der Waals surface area contributed by atoms with Crippen molar-refractivity contribution in [1.29, 1.82) is 0 Å². The summed E-state index contributed by atoms with van der Waals surface area (Å²) in [7, 11) is 0. The highest BCUT2D eigenvalue weighted by molar-refractivity contribution is 5.94. The van der Waals surface area contributed by atoms with E-state index >= 15 is 0 Å². The molecule has 0 spiro atoms. The zero-order valence-electron chi connectivity index (χ0n) is 11.5. The van der Waals surface area contributed by atoms with Gasteiger partial charge in [0, 0.05) is 6.54 Å². The van der Waals surface area contributed by atoms with Crippen LogP contribution in [0.3, 0.4) is 0 Å². The van der Waals surface area contributed by atoms with Gasteiger partial charge in [-0.2, -0.15) is 0 Å². The van der Waals surface area contributed by atoms with E-state index in [1.165, 1.54) is 12.1 Å². The van der Waals surface area contributed by atoms with Crippen molar-refractivity contribution in [2.24, 2.45) is 0 Å². The number of rotatable bonds is 2. The highest BCUT2D eigenvalue weighted by atomic mass is 19.1. The Hall–Kier alpha value is -2.20. The van der Waals surface area contributed by atoms with E-state index < -0.39 is 5.82 Å². The highest BCUT2D eigenvalue weighted by Gasteiger charge is 2.27. The van der Waals surface area contributed by atoms with Gasteiger partial charge in [-0.3, -0.25) is 4.79 Å². The molecule has 0 radical (unpaired) electrons. The number of carbonyl (C=O) groups excluding carboxylic acids is 1. The van der Waals surface area contributed by atoms with Gasteiger partial charge in [0.05, 0.1) is 18.7 Å². The SMILES string of the molecule is O=C(c1ccccc1F)N1CCO[C@@H](c2ccccc2)C1. The van der Waals surface area contributed by atoms with Crippen molar-refractivity contribution >= 4 is 5.91 Å². The van der Waals surface area contributed by atoms with Gasteiger partial charge in [-0.15, -0.1) is 0 Å². The van der Waals surface area contributed by atoms with Crippen LogP contribution in [0.25, 0.3) is 0 Å². The number of benzene rings is 2. The first-order valence-corrected chi connectivity index (χ1v) is 6.96. The number of amides is 1. The van der Waals surface area contributed by atoms with Crippen LogP contribution in [-0.4, -0.2) is 30.5 Å². The lowest BCUT2D eigenvalue weighted by molar-refractivity contribution is -0.0229. The molecule has 1 atom stereocenters. The van der Waals surface area contributed by atoms with Crippen LogP contribution in [0.15, 0.2) is 54.6 Å². The van der Waals surface area contributed by atoms with E-state index in [1.54, 1.807) is 17.0 Å². The van der Waals surface area contributed by atoms with Gasteiger partial charge in [-0.25, -0.2) is 4.39 Å². The standard InChI is InChI=1S/C17H16FNO2/c18-15-9-5-4-8-14(15)17(20)19-10-11-21-16(12-19)13-6-2-1-3-7-13/h1-9,16H,10-12H2/t16-/m1/s1. The predicted octanol–water partition coefficient (Wildman–Crippen LogP) is 3.04. The second-order valence-corrected chi connectivity index (χ2v) is 5.00. The summed E-state index contributed by atoms with van der Waals surface area (Å²) in [4.78, 5) is 14.1. The molecule has 1 amide bonds. The molecule has 1 saturated heterocycles. The van der Waals surface area contributed by atoms with Crippen LogP contribution < -0.4 is 0 Å². The van der Waals surface area contributed by atoms with Gasteiger partial charge in [0.2, 0.25) is 0 Å². The fourth-order valence-electron chi connectivity index (χ4n) is 2.51. The van der Waals surface area contributed by atoms with Crippen molar-refractivity contribution in [3.05, 3.63) is 71.5 Å². The molecule has 0 bridgehead atoms. The van der Waals surface area contributed by atoms with Crippen LogP contribution in [0, 0.1) is 5.82 Å². The van der Waals surface area contributed by atoms with Crippen molar-refractivity contribution in [2.75, 3.05) is 19.7 Å². The third-order valence-corrected chi connectivity index (χ3v) is 3.63. The van der Waals surface area contributed by atoms with E-state index in [2.05, 4.69) is 0 Å². The average Bonchev–Trinajstić information content (AvgIpc) is 2.56. The third kappa shape index (κ3) is 2.95. The first-order valence-electron chi connectivity index (χ1n) is 6.96. The second kappa shape index (κ2) is 6.06. The summed E-state index contributed by atoms with van der Waals surface area (Å²) in [5.41, 5.74) is 1.15. The first kappa shape index (κ1) is 13.8. The second-order valence-electron chi connectivity index (χ2n) is 5.00. The summed E-state index contributed by atoms with van der Waals surface area (Å²) in [5.74, 6) is -0.761. The van der Waals surface area contributed by atoms with Crippen LogP contribution in [0.1, 0.15) is 22.0 Å². The van der Waals surface area contributed by atoms with Crippen LogP contribution in [0.5, 0.6) is 0 Å². The van der Waals surface area contributed by atoms with Crippen molar-refractivity contribution in [3.63, 3.8) is 0 Å². The topological polar surface area (TPSA) is 29.5 Å². The van der Waals surface area contributed by atoms with Crippen LogP contribution in [0.2, 0.25) is 0 Å². The van der Waals surface area contributed by atoms with E-state index in [9.17, 15) is 9.18 Å². The molecule has 3 nitrogen and oxygen atoms in total. The van der Waals surface area contributed by atoms with Gasteiger partial charge in [0.1, 0.15) is 11.9 Å². The first-order chi connectivity index (χ1) is 10.3. The molecule has 1 fully saturated rings. The summed E-state index contributed by atoms with van der Waals surface area (Å²) >= 11 is 0. The molecule has 0 N–H and O–H groups in total. The van der Waals surface area contributed by atoms with E-state index in [0.29, 0.717) is 19.7 Å². The van der Waals surface area contributed by atoms with E-state index in [4.69, 9.17) is 4.74 Å². The summed E-state index contributed by atoms with van der Waals surface area (Å²) in [6.45, 7) is 1.38. The summed E-state index contributed by atoms with van der Waals surface area (Å²) in [6.07, 6.45) is -0.157. The van der Waals surface area contributed by atoms with Crippen LogP contribution in [-0.2, 0) is 4.74 Å². The van der Waals surface area contributed by atoms with Gasteiger partial charge in [-0.05, 0) is 17.7 Å². The molecule has 1 aliphatic heterocycles. The number of carbonyl (C=O) groups is 1. The van der Waals surface area contributed by atoms with E-state index in [1.807, 2.05) is 30.3 Å². The molecule has 0 aliphatic carbocycles. The summed E-state index contributed by atoms with van der Waals surface area (Å²) in [6, 6.07) is 15.8. The van der Waals surface area contributed by atoms with Gasteiger partial charge in [0.15, 0.2) is 0 Å². The largest absolute Gasteiger partial charge is 0.370 e. The van der Waals surface area contributed by atoms with Crippen LogP contribution >= 0.6 is 0 Å². The minimum atomic E-state index is -0.481. The fraction of sp³-hybridized carbons (Fsp3) is 0.235. The maximum atomic E-state index is 13.7. The van der Waals surface area contributed by atoms with E-state index in [0.717, 1.165) is 5.56 Å². The number of nitrogens with zero attached hydrogens (tertiary/aromatic N) is 1. The maximum absolute atomic E-state index is 13.7. The van der Waals surface area contributed by atoms with Crippen LogP contribution in [0.4, 0.5) is 4.39 Å². The molecular formula is C17H16FNO2. The molecule has 0 unspecified atom stereocenters. The summed E-state index contributed by atoms with van der Waals surface area (Å²) < 4.78 is 19.5. The van der Waals surface area contributed by atoms with Gasteiger partial charge in [0.25, 0.3) is 5.91 Å². The number of morpholine rings is 1. The lowest BCUT2D eigenvalue weighted by Crippen LogP contribution is -2.42. The minimum absolute atomic E-state index is 0.117. The van der Waals surface area contributed by atoms with E-state index in [-0.39, 0.29) is 17.6 Å². The molecule has 0 saturated carbocycles. The van der Waals surface area contributed by atoms with Crippen molar-refractivity contribution in [1.82, 2.24) is 4.90 Å². The Morgan fingerprint density at radius 2 is 1.81 bits per heavy atom. The molecule has 3 rings (SSSR count). The fourth-order valence-corrected chi connectivity index (χ4v) is 2.51. The third-order valence-electron chi connectivity index (χ3n) is 3.63. The molecule has 1 aliphatic rings. The van der Waals surface area contributed by atoms with Crippen molar-refractivity contribution < 1.29 is 13.9 Å². The molecular weight excluding hydrogens is 269 g/mol. The maximum Gasteiger partial charge on any atom is 0.257 e. The highest BCUT2D eigenvalue weighted by Crippen LogP contribution is 2.23. The Morgan fingerprint density at radius 1 is 1.10 bits per heavy atom. The van der Waals surface area contributed by atoms with Crippen molar-refractivity contribution in [2.45, 2.75) is 6.10 Å². The Kier molecular flexibility index (Phi) is 3.97. The zero-order valence-corrected chi connectivity index (χ0v) is 11.5. The smallest absolute Gasteiger partial charge is 0.257 e. The Morgan fingerprint density at radius 3 is 2.57 bits per heavy atom. The lowest BCUT2D eigenvalue weighted by atomic mass is 10.1. The quantitative estimate of drug-likeness (QED) is 0.849. The Balaban J connectivity index is 1.77. The number of hydrogen-bond donors (Lipinski definition) is 0. The average molecular weight is 285 g/mol. The molecule has 108 valence electrons. The molecule has 0 aromatic heterocycles. The van der Waals surface area contributed by atoms with Gasteiger partial charge < -0.3 is 9.64 Å². The number of hydrogen-bond acceptors (Lipinski definition) is 2. The minimum Gasteiger partial charge on any atom is -0.370 e. The zero-order chi connectivity index (χ0) is 14.7. The number of halogens is 1. The molecule has 2 aromatic rings. The predicted molar refractivity (Wildman–Crippen MR) is 77.4 cm³/mol. The van der Waals surface area contributed by atoms with Gasteiger partial charge in [-0.1, -0.05) is 42.5 Å². The normalized spacial score (nSPS) is 18.5. The molecule has 4 heteroatoms. The summed E-state index contributed by atoms with van der Waals surface area (Å²) in [5, 5.41) is 0. The molecule has 1 heterocycles. The molecule has 2 aromatic carbocycles. The van der Waals surface area contributed by atoms with Gasteiger partial charge >= 0.3 is 0 Å². The molecule has 21 heavy (non-hydrogen) atoms. The van der Waals surface area contributed by atoms with Crippen molar-refractivity contribution in [3.8, 4) is 0 Å². The Bertz CT molecular complexity index is 630. The number of ether oxygens (including phenoxy) is 1. The lowest BCUT2D eigenvalue weighted by Gasteiger charge is -2.33.